The lowest BCUT2D eigenvalue weighted by Crippen LogP contribution is -2.46. The summed E-state index contributed by atoms with van der Waals surface area (Å²) < 4.78 is 0. The monoisotopic (exact) mass is 296 g/mol. The Bertz CT molecular complexity index is 490. The number of benzene rings is 1. The van der Waals surface area contributed by atoms with Gasteiger partial charge in [-0.25, -0.2) is 9.59 Å². The average molecular weight is 297 g/mol. The van der Waals surface area contributed by atoms with Gasteiger partial charge in [-0.15, -0.1) is 0 Å². The maximum atomic E-state index is 11.9. The van der Waals surface area contributed by atoms with Crippen molar-refractivity contribution >= 4 is 23.6 Å². The van der Waals surface area contributed by atoms with Crippen molar-refractivity contribution in [2.45, 2.75) is 25.3 Å². The third-order valence-electron chi connectivity index (χ3n) is 3.40. The molecule has 1 aromatic rings. The number of nitrogens with one attached hydrogen (secondary N) is 1. The third kappa shape index (κ3) is 3.63. The maximum Gasteiger partial charge on any atom is 0.326 e. The van der Waals surface area contributed by atoms with Crippen LogP contribution in [0.5, 0.6) is 0 Å². The summed E-state index contributed by atoms with van der Waals surface area (Å²) in [4.78, 5) is 24.3. The third-order valence-corrected chi connectivity index (χ3v) is 3.65. The minimum atomic E-state index is -0.935. The van der Waals surface area contributed by atoms with E-state index in [9.17, 15) is 9.59 Å². The number of carboxylic acids is 1. The largest absolute Gasteiger partial charge is 0.480 e. The van der Waals surface area contributed by atoms with Crippen molar-refractivity contribution in [1.82, 2.24) is 10.2 Å². The lowest BCUT2D eigenvalue weighted by Gasteiger charge is -2.21. The lowest BCUT2D eigenvalue weighted by molar-refractivity contribution is -0.141. The highest BCUT2D eigenvalue weighted by Crippen LogP contribution is 2.17. The molecule has 1 aliphatic rings. The first-order valence-electron chi connectivity index (χ1n) is 6.59. The molecule has 0 aliphatic carbocycles. The highest BCUT2D eigenvalue weighted by Gasteiger charge is 2.33. The Morgan fingerprint density at radius 2 is 2.05 bits per heavy atom. The zero-order valence-electron chi connectivity index (χ0n) is 11.0. The second kappa shape index (κ2) is 6.61. The lowest BCUT2D eigenvalue weighted by atomic mass is 10.1. The Morgan fingerprint density at radius 3 is 2.70 bits per heavy atom. The van der Waals surface area contributed by atoms with Crippen LogP contribution >= 0.6 is 11.6 Å². The Balaban J connectivity index is 1.80. The molecule has 0 spiro atoms. The highest BCUT2D eigenvalue weighted by molar-refractivity contribution is 6.30. The first kappa shape index (κ1) is 14.7. The zero-order chi connectivity index (χ0) is 14.5. The number of likely N-dealkylation sites (tertiary alicyclic amines) is 1. The van der Waals surface area contributed by atoms with Gasteiger partial charge in [0.25, 0.3) is 0 Å². The van der Waals surface area contributed by atoms with Crippen molar-refractivity contribution in [3.05, 3.63) is 34.9 Å². The van der Waals surface area contributed by atoms with Gasteiger partial charge in [0.15, 0.2) is 0 Å². The van der Waals surface area contributed by atoms with Crippen LogP contribution in [0.4, 0.5) is 4.79 Å². The summed E-state index contributed by atoms with van der Waals surface area (Å²) in [6, 6.07) is 6.43. The number of hydrogen-bond donors (Lipinski definition) is 2. The van der Waals surface area contributed by atoms with Crippen molar-refractivity contribution in [3.8, 4) is 0 Å². The van der Waals surface area contributed by atoms with Crippen LogP contribution in [0.15, 0.2) is 24.3 Å². The molecule has 2 rings (SSSR count). The van der Waals surface area contributed by atoms with E-state index in [2.05, 4.69) is 5.32 Å². The zero-order valence-corrected chi connectivity index (χ0v) is 11.8. The number of aliphatic carboxylic acids is 1. The molecule has 0 unspecified atom stereocenters. The molecule has 0 radical (unpaired) electrons. The van der Waals surface area contributed by atoms with E-state index in [-0.39, 0.29) is 6.03 Å². The van der Waals surface area contributed by atoms with Gasteiger partial charge in [0, 0.05) is 18.1 Å². The predicted octanol–water partition coefficient (Wildman–Crippen LogP) is 2.14. The number of hydrogen-bond acceptors (Lipinski definition) is 2. The molecule has 5 nitrogen and oxygen atoms in total. The van der Waals surface area contributed by atoms with Crippen LogP contribution in [0.25, 0.3) is 0 Å². The number of urea groups is 1. The fourth-order valence-electron chi connectivity index (χ4n) is 2.33. The maximum absolute atomic E-state index is 11.9. The second-order valence-electron chi connectivity index (χ2n) is 4.80. The van der Waals surface area contributed by atoms with Gasteiger partial charge in [-0.1, -0.05) is 23.7 Å². The molecular weight excluding hydrogens is 280 g/mol. The molecule has 20 heavy (non-hydrogen) atoms. The van der Waals surface area contributed by atoms with E-state index >= 15 is 0 Å². The standard InChI is InChI=1S/C14H17ClN2O3/c15-11-5-3-10(4-6-11)7-8-16-14(20)17-9-1-2-12(17)13(18)19/h3-6,12H,1-2,7-9H2,(H,16,20)(H,18,19)/t12-/m1/s1. The molecule has 0 bridgehead atoms. The van der Waals surface area contributed by atoms with Gasteiger partial charge in [-0.3, -0.25) is 0 Å². The van der Waals surface area contributed by atoms with Gasteiger partial charge in [0.1, 0.15) is 6.04 Å². The molecule has 1 fully saturated rings. The number of rotatable bonds is 4. The fraction of sp³-hybridized carbons (Fsp3) is 0.429. The summed E-state index contributed by atoms with van der Waals surface area (Å²) in [5.74, 6) is -0.935. The van der Waals surface area contributed by atoms with Crippen molar-refractivity contribution in [2.24, 2.45) is 0 Å². The molecule has 1 aromatic carbocycles. The normalized spacial score (nSPS) is 18.1. The minimum Gasteiger partial charge on any atom is -0.480 e. The van der Waals surface area contributed by atoms with Crippen molar-refractivity contribution in [3.63, 3.8) is 0 Å². The summed E-state index contributed by atoms with van der Waals surface area (Å²) in [5.41, 5.74) is 1.07. The average Bonchev–Trinajstić information content (AvgIpc) is 2.90. The van der Waals surface area contributed by atoms with Crippen LogP contribution in [0, 0.1) is 0 Å². The van der Waals surface area contributed by atoms with E-state index in [1.54, 1.807) is 12.1 Å². The van der Waals surface area contributed by atoms with Crippen molar-refractivity contribution < 1.29 is 14.7 Å². The van der Waals surface area contributed by atoms with E-state index in [0.29, 0.717) is 31.0 Å². The molecule has 1 atom stereocenters. The molecule has 0 saturated carbocycles. The van der Waals surface area contributed by atoms with Gasteiger partial charge in [0.2, 0.25) is 0 Å². The molecule has 2 amide bonds. The van der Waals surface area contributed by atoms with Crippen molar-refractivity contribution in [2.75, 3.05) is 13.1 Å². The Morgan fingerprint density at radius 1 is 1.35 bits per heavy atom. The van der Waals surface area contributed by atoms with Gasteiger partial charge >= 0.3 is 12.0 Å². The Hall–Kier alpha value is -1.75. The molecule has 108 valence electrons. The fourth-order valence-corrected chi connectivity index (χ4v) is 2.46. The van der Waals surface area contributed by atoms with E-state index < -0.39 is 12.0 Å². The van der Waals surface area contributed by atoms with E-state index in [1.807, 2.05) is 12.1 Å². The van der Waals surface area contributed by atoms with Gasteiger partial charge in [-0.2, -0.15) is 0 Å². The summed E-state index contributed by atoms with van der Waals surface area (Å²) in [7, 11) is 0. The van der Waals surface area contributed by atoms with Crippen LogP contribution in [0.2, 0.25) is 5.02 Å². The summed E-state index contributed by atoms with van der Waals surface area (Å²) in [6.07, 6.45) is 1.95. The van der Waals surface area contributed by atoms with Crippen LogP contribution < -0.4 is 5.32 Å². The number of nitrogens with zero attached hydrogens (tertiary/aromatic N) is 1. The second-order valence-corrected chi connectivity index (χ2v) is 5.23. The van der Waals surface area contributed by atoms with Crippen LogP contribution in [-0.4, -0.2) is 41.1 Å². The summed E-state index contributed by atoms with van der Waals surface area (Å²) in [5, 5.41) is 12.5. The number of carbonyl (C=O) groups excluding carboxylic acids is 1. The minimum absolute atomic E-state index is 0.302. The summed E-state index contributed by atoms with van der Waals surface area (Å²) >= 11 is 5.80. The van der Waals surface area contributed by atoms with Crippen LogP contribution in [0.1, 0.15) is 18.4 Å². The van der Waals surface area contributed by atoms with E-state index in [1.165, 1.54) is 4.90 Å². The highest BCUT2D eigenvalue weighted by atomic mass is 35.5. The molecule has 6 heteroatoms. The van der Waals surface area contributed by atoms with Gasteiger partial charge in [0.05, 0.1) is 0 Å². The summed E-state index contributed by atoms with van der Waals surface area (Å²) in [6.45, 7) is 0.979. The Labute approximate surface area is 122 Å². The Kier molecular flexibility index (Phi) is 4.84. The quantitative estimate of drug-likeness (QED) is 0.894. The first-order valence-corrected chi connectivity index (χ1v) is 6.97. The number of carbonyl (C=O) groups is 2. The number of carboxylic acid groups (broad SMARTS) is 1. The number of halogens is 1. The van der Waals surface area contributed by atoms with Crippen LogP contribution in [-0.2, 0) is 11.2 Å². The molecule has 1 heterocycles. The van der Waals surface area contributed by atoms with E-state index in [4.69, 9.17) is 16.7 Å². The van der Waals surface area contributed by atoms with Gasteiger partial charge < -0.3 is 15.3 Å². The number of amides is 2. The van der Waals surface area contributed by atoms with Crippen molar-refractivity contribution in [1.29, 1.82) is 0 Å². The SMILES string of the molecule is O=C(O)[C@H]1CCCN1C(=O)NCCc1ccc(Cl)cc1. The molecule has 0 aromatic heterocycles. The van der Waals surface area contributed by atoms with E-state index in [0.717, 1.165) is 12.0 Å². The molecule has 2 N–H and O–H groups in total. The molecule has 1 saturated heterocycles. The first-order chi connectivity index (χ1) is 9.58. The van der Waals surface area contributed by atoms with Gasteiger partial charge in [-0.05, 0) is 37.0 Å². The van der Waals surface area contributed by atoms with Crippen LogP contribution in [0.3, 0.4) is 0 Å². The topological polar surface area (TPSA) is 69.6 Å². The predicted molar refractivity (Wildman–Crippen MR) is 75.9 cm³/mol. The smallest absolute Gasteiger partial charge is 0.326 e. The molecule has 1 aliphatic heterocycles. The molecular formula is C14H17ClN2O3.